The number of carbonyl (C=O) groups is 1. The monoisotopic (exact) mass is 228 g/mol. The van der Waals surface area contributed by atoms with Crippen molar-refractivity contribution in [3.8, 4) is 11.8 Å². The number of hydrogen-bond acceptors (Lipinski definition) is 2. The highest BCUT2D eigenvalue weighted by Gasteiger charge is 2.01. The second kappa shape index (κ2) is 7.24. The number of nitrogens with one attached hydrogen (secondary N) is 1. The Labute approximate surface area is 102 Å². The molecule has 1 rings (SSSR count). The molecule has 0 aliphatic carbocycles. The lowest BCUT2D eigenvalue weighted by Gasteiger charge is -2.00. The Morgan fingerprint density at radius 2 is 2.12 bits per heavy atom. The molecule has 0 aliphatic heterocycles. The zero-order valence-corrected chi connectivity index (χ0v) is 10.1. The number of hydrazone groups is 1. The van der Waals surface area contributed by atoms with Gasteiger partial charge in [0.05, 0.1) is 6.21 Å². The van der Waals surface area contributed by atoms with Crippen LogP contribution in [0.2, 0.25) is 0 Å². The van der Waals surface area contributed by atoms with Gasteiger partial charge in [-0.15, -0.1) is 0 Å². The molecule has 3 heteroatoms. The Bertz CT molecular complexity index is 438. The van der Waals surface area contributed by atoms with Gasteiger partial charge >= 0.3 is 0 Å². The highest BCUT2D eigenvalue weighted by atomic mass is 16.2. The molecule has 3 nitrogen and oxygen atoms in total. The zero-order valence-electron chi connectivity index (χ0n) is 10.1. The lowest BCUT2D eigenvalue weighted by molar-refractivity contribution is -0.121. The fourth-order valence-corrected chi connectivity index (χ4v) is 1.19. The van der Waals surface area contributed by atoms with Crippen molar-refractivity contribution in [2.45, 2.75) is 20.3 Å². The Morgan fingerprint density at radius 3 is 2.76 bits per heavy atom. The number of rotatable bonds is 3. The third-order valence-electron chi connectivity index (χ3n) is 1.90. The summed E-state index contributed by atoms with van der Waals surface area (Å²) in [6, 6.07) is 9.61. The maximum absolute atomic E-state index is 11.2. The van der Waals surface area contributed by atoms with Gasteiger partial charge in [0.2, 0.25) is 5.91 Å². The minimum Gasteiger partial charge on any atom is -0.273 e. The van der Waals surface area contributed by atoms with Crippen molar-refractivity contribution in [1.29, 1.82) is 0 Å². The summed E-state index contributed by atoms with van der Waals surface area (Å²) in [5.74, 6) is 5.91. The number of benzene rings is 1. The first-order valence-corrected chi connectivity index (χ1v) is 5.55. The second-order valence-electron chi connectivity index (χ2n) is 4.03. The van der Waals surface area contributed by atoms with Crippen molar-refractivity contribution in [2.24, 2.45) is 11.0 Å². The Hall–Kier alpha value is -2.08. The Kier molecular flexibility index (Phi) is 5.53. The average molecular weight is 228 g/mol. The first-order valence-electron chi connectivity index (χ1n) is 5.55. The Balaban J connectivity index is 2.36. The van der Waals surface area contributed by atoms with E-state index in [2.05, 4.69) is 22.4 Å². The molecular formula is C14H16N2O. The summed E-state index contributed by atoms with van der Waals surface area (Å²) >= 11 is 0. The molecule has 1 aromatic carbocycles. The maximum Gasteiger partial charge on any atom is 0.240 e. The third kappa shape index (κ3) is 6.16. The van der Waals surface area contributed by atoms with Crippen LogP contribution in [0.15, 0.2) is 35.4 Å². The van der Waals surface area contributed by atoms with Crippen LogP contribution in [0.3, 0.4) is 0 Å². The molecule has 0 saturated carbocycles. The van der Waals surface area contributed by atoms with E-state index < -0.39 is 0 Å². The van der Waals surface area contributed by atoms with Gasteiger partial charge in [0.1, 0.15) is 0 Å². The molecule has 0 saturated heterocycles. The fraction of sp³-hybridized carbons (Fsp3) is 0.286. The van der Waals surface area contributed by atoms with E-state index in [1.807, 2.05) is 44.2 Å². The predicted molar refractivity (Wildman–Crippen MR) is 69.4 cm³/mol. The summed E-state index contributed by atoms with van der Waals surface area (Å²) in [5.41, 5.74) is 3.35. The van der Waals surface area contributed by atoms with Crippen LogP contribution in [0.4, 0.5) is 0 Å². The van der Waals surface area contributed by atoms with E-state index in [9.17, 15) is 4.79 Å². The molecule has 17 heavy (non-hydrogen) atoms. The number of carbonyl (C=O) groups excluding carboxylic acids is 1. The van der Waals surface area contributed by atoms with Gasteiger partial charge in [-0.3, -0.25) is 4.79 Å². The van der Waals surface area contributed by atoms with E-state index in [4.69, 9.17) is 0 Å². The summed E-state index contributed by atoms with van der Waals surface area (Å²) in [6.45, 7) is 3.97. The first-order chi connectivity index (χ1) is 8.18. The summed E-state index contributed by atoms with van der Waals surface area (Å²) in [4.78, 5) is 11.2. The molecule has 0 radical (unpaired) electrons. The smallest absolute Gasteiger partial charge is 0.240 e. The normalized spacial score (nSPS) is 10.1. The molecule has 0 bridgehead atoms. The van der Waals surface area contributed by atoms with E-state index in [0.717, 1.165) is 5.56 Å². The molecule has 0 unspecified atom stereocenters. The standard InChI is InChI=1S/C14H16N2O/c1-12(2)11-14(17)16-15-10-6-9-13-7-4-3-5-8-13/h3-5,7-8,10,12H,11H2,1-2H3,(H,16,17)/b15-10-. The predicted octanol–water partition coefficient (Wildman–Crippen LogP) is 2.19. The van der Waals surface area contributed by atoms with Gasteiger partial charge in [-0.2, -0.15) is 5.10 Å². The van der Waals surface area contributed by atoms with Crippen LogP contribution in [-0.4, -0.2) is 12.1 Å². The van der Waals surface area contributed by atoms with Crippen LogP contribution in [-0.2, 0) is 4.79 Å². The van der Waals surface area contributed by atoms with E-state index in [1.165, 1.54) is 6.21 Å². The lowest BCUT2D eigenvalue weighted by atomic mass is 10.1. The van der Waals surface area contributed by atoms with Gasteiger partial charge in [-0.1, -0.05) is 38.0 Å². The van der Waals surface area contributed by atoms with Crippen molar-refractivity contribution in [1.82, 2.24) is 5.43 Å². The topological polar surface area (TPSA) is 41.5 Å². The van der Waals surface area contributed by atoms with E-state index in [1.54, 1.807) is 0 Å². The number of nitrogens with zero attached hydrogens (tertiary/aromatic N) is 1. The molecule has 0 heterocycles. The first kappa shape index (κ1) is 13.0. The zero-order chi connectivity index (χ0) is 12.5. The average Bonchev–Trinajstić information content (AvgIpc) is 2.29. The van der Waals surface area contributed by atoms with Crippen molar-refractivity contribution in [3.63, 3.8) is 0 Å². The minimum atomic E-state index is -0.0854. The minimum absolute atomic E-state index is 0.0854. The van der Waals surface area contributed by atoms with Crippen LogP contribution in [0.1, 0.15) is 25.8 Å². The molecule has 1 N–H and O–H groups in total. The SMILES string of the molecule is CC(C)CC(=O)N/N=C\C#Cc1ccccc1. The van der Waals surface area contributed by atoms with Gasteiger partial charge in [-0.25, -0.2) is 5.43 Å². The molecule has 0 atom stereocenters. The van der Waals surface area contributed by atoms with Gasteiger partial charge in [-0.05, 0) is 24.0 Å². The Morgan fingerprint density at radius 1 is 1.41 bits per heavy atom. The lowest BCUT2D eigenvalue weighted by Crippen LogP contribution is -2.18. The largest absolute Gasteiger partial charge is 0.273 e. The van der Waals surface area contributed by atoms with Crippen molar-refractivity contribution < 1.29 is 4.79 Å². The van der Waals surface area contributed by atoms with E-state index in [0.29, 0.717) is 12.3 Å². The van der Waals surface area contributed by atoms with Gasteiger partial charge in [0.15, 0.2) is 0 Å². The van der Waals surface area contributed by atoms with Gasteiger partial charge in [0.25, 0.3) is 0 Å². The quantitative estimate of drug-likeness (QED) is 0.481. The summed E-state index contributed by atoms with van der Waals surface area (Å²) in [5, 5.41) is 3.74. The molecular weight excluding hydrogens is 212 g/mol. The highest BCUT2D eigenvalue weighted by Crippen LogP contribution is 1.97. The molecule has 0 aliphatic rings. The van der Waals surface area contributed by atoms with Crippen LogP contribution < -0.4 is 5.43 Å². The molecule has 0 aromatic heterocycles. The third-order valence-corrected chi connectivity index (χ3v) is 1.90. The van der Waals surface area contributed by atoms with Crippen LogP contribution in [0.5, 0.6) is 0 Å². The van der Waals surface area contributed by atoms with Gasteiger partial charge in [0, 0.05) is 12.0 Å². The van der Waals surface area contributed by atoms with Crippen LogP contribution in [0, 0.1) is 17.8 Å². The van der Waals surface area contributed by atoms with Crippen LogP contribution >= 0.6 is 0 Å². The molecule has 1 aromatic rings. The van der Waals surface area contributed by atoms with Crippen molar-refractivity contribution in [3.05, 3.63) is 35.9 Å². The summed E-state index contributed by atoms with van der Waals surface area (Å²) in [6.07, 6.45) is 1.87. The number of hydrogen-bond donors (Lipinski definition) is 1. The van der Waals surface area contributed by atoms with E-state index >= 15 is 0 Å². The molecule has 88 valence electrons. The summed E-state index contributed by atoms with van der Waals surface area (Å²) in [7, 11) is 0. The highest BCUT2D eigenvalue weighted by molar-refractivity contribution is 5.82. The van der Waals surface area contributed by atoms with Crippen molar-refractivity contribution >= 4 is 12.1 Å². The van der Waals surface area contributed by atoms with Crippen molar-refractivity contribution in [2.75, 3.05) is 0 Å². The molecule has 1 amide bonds. The van der Waals surface area contributed by atoms with Gasteiger partial charge < -0.3 is 0 Å². The molecule has 0 spiro atoms. The maximum atomic E-state index is 11.2. The van der Waals surface area contributed by atoms with Crippen LogP contribution in [0.25, 0.3) is 0 Å². The molecule has 0 fully saturated rings. The number of amides is 1. The van der Waals surface area contributed by atoms with E-state index in [-0.39, 0.29) is 5.91 Å². The second-order valence-corrected chi connectivity index (χ2v) is 4.03. The summed E-state index contributed by atoms with van der Waals surface area (Å²) < 4.78 is 0. The fourth-order valence-electron chi connectivity index (χ4n) is 1.19.